The van der Waals surface area contributed by atoms with Crippen molar-refractivity contribution in [2.75, 3.05) is 25.5 Å². The molecular weight excluding hydrogens is 346 g/mol. The lowest BCUT2D eigenvalue weighted by molar-refractivity contribution is -0.132. The van der Waals surface area contributed by atoms with E-state index in [0.29, 0.717) is 30.4 Å². The van der Waals surface area contributed by atoms with Gasteiger partial charge in [-0.2, -0.15) is 4.98 Å². The molecule has 3 rings (SSSR count). The Balaban J connectivity index is 1.77. The molecule has 2 N–H and O–H groups in total. The number of aromatic amines is 1. The van der Waals surface area contributed by atoms with E-state index in [1.165, 1.54) is 13.2 Å². The average molecular weight is 369 g/mol. The fraction of sp³-hybridized carbons (Fsp3) is 0.368. The highest BCUT2D eigenvalue weighted by molar-refractivity contribution is 5.87. The van der Waals surface area contributed by atoms with E-state index in [0.717, 1.165) is 12.0 Å². The molecule has 0 spiro atoms. The Kier molecular flexibility index (Phi) is 5.54. The van der Waals surface area contributed by atoms with Gasteiger partial charge in [0, 0.05) is 43.0 Å². The Hall–Kier alpha value is -3.16. The molecule has 8 nitrogen and oxygen atoms in total. The van der Waals surface area contributed by atoms with E-state index < -0.39 is 0 Å². The van der Waals surface area contributed by atoms with Gasteiger partial charge >= 0.3 is 6.01 Å². The van der Waals surface area contributed by atoms with E-state index in [4.69, 9.17) is 4.74 Å². The Bertz CT molecular complexity index is 889. The fourth-order valence-corrected chi connectivity index (χ4v) is 3.17. The van der Waals surface area contributed by atoms with E-state index in [1.54, 1.807) is 29.4 Å². The SMILES string of the molecule is C=CC(=O)N1CC(C(CC)Nc2cc(-c3ccnc(OC)n3)c[nH]c2=O)C1. The van der Waals surface area contributed by atoms with Crippen LogP contribution < -0.4 is 15.6 Å². The van der Waals surface area contributed by atoms with Crippen molar-refractivity contribution in [3.8, 4) is 17.3 Å². The molecule has 27 heavy (non-hydrogen) atoms. The third kappa shape index (κ3) is 3.99. The molecule has 3 heterocycles. The first-order valence-electron chi connectivity index (χ1n) is 8.83. The van der Waals surface area contributed by atoms with Crippen LogP contribution in [0, 0.1) is 5.92 Å². The molecule has 8 heteroatoms. The summed E-state index contributed by atoms with van der Waals surface area (Å²) in [6.45, 7) is 6.90. The van der Waals surface area contributed by atoms with Crippen LogP contribution in [0.4, 0.5) is 5.69 Å². The van der Waals surface area contributed by atoms with Gasteiger partial charge in [0.2, 0.25) is 5.91 Å². The van der Waals surface area contributed by atoms with Crippen LogP contribution in [0.3, 0.4) is 0 Å². The molecule has 0 saturated carbocycles. The van der Waals surface area contributed by atoms with Crippen molar-refractivity contribution in [1.29, 1.82) is 0 Å². The summed E-state index contributed by atoms with van der Waals surface area (Å²) in [6, 6.07) is 3.88. The number of rotatable bonds is 7. The van der Waals surface area contributed by atoms with Crippen LogP contribution in [0.5, 0.6) is 6.01 Å². The highest BCUT2D eigenvalue weighted by Crippen LogP contribution is 2.25. The quantitative estimate of drug-likeness (QED) is 0.720. The molecule has 2 aromatic rings. The summed E-state index contributed by atoms with van der Waals surface area (Å²) in [7, 11) is 1.50. The van der Waals surface area contributed by atoms with E-state index in [-0.39, 0.29) is 23.5 Å². The van der Waals surface area contributed by atoms with Crippen LogP contribution in [0.1, 0.15) is 13.3 Å². The summed E-state index contributed by atoms with van der Waals surface area (Å²) in [6.07, 6.45) is 5.39. The molecule has 1 fully saturated rings. The molecule has 0 aromatic carbocycles. The van der Waals surface area contributed by atoms with Crippen LogP contribution in [0.15, 0.2) is 42.0 Å². The van der Waals surface area contributed by atoms with Crippen LogP contribution in [0.2, 0.25) is 0 Å². The van der Waals surface area contributed by atoms with Gasteiger partial charge in [-0.05, 0) is 24.6 Å². The van der Waals surface area contributed by atoms with Gasteiger partial charge in [-0.3, -0.25) is 9.59 Å². The smallest absolute Gasteiger partial charge is 0.316 e. The number of carbonyl (C=O) groups is 1. The van der Waals surface area contributed by atoms with Crippen LogP contribution in [-0.2, 0) is 4.79 Å². The topological polar surface area (TPSA) is 100 Å². The number of methoxy groups -OCH3 is 1. The molecule has 1 atom stereocenters. The van der Waals surface area contributed by atoms with Gasteiger partial charge in [-0.1, -0.05) is 13.5 Å². The maximum atomic E-state index is 12.3. The molecule has 1 unspecified atom stereocenters. The van der Waals surface area contributed by atoms with E-state index in [9.17, 15) is 9.59 Å². The number of likely N-dealkylation sites (tertiary alicyclic amines) is 1. The summed E-state index contributed by atoms with van der Waals surface area (Å²) in [4.78, 5) is 36.7. The number of amides is 1. The van der Waals surface area contributed by atoms with Crippen molar-refractivity contribution in [3.63, 3.8) is 0 Å². The van der Waals surface area contributed by atoms with E-state index in [1.807, 2.05) is 0 Å². The Morgan fingerprint density at radius 1 is 1.56 bits per heavy atom. The lowest BCUT2D eigenvalue weighted by Gasteiger charge is -2.43. The second-order valence-corrected chi connectivity index (χ2v) is 6.43. The van der Waals surface area contributed by atoms with Gasteiger partial charge in [0.25, 0.3) is 5.56 Å². The zero-order valence-corrected chi connectivity index (χ0v) is 15.4. The number of nitrogens with one attached hydrogen (secondary N) is 2. The van der Waals surface area contributed by atoms with Crippen LogP contribution in [0.25, 0.3) is 11.3 Å². The Labute approximate surface area is 157 Å². The first-order valence-corrected chi connectivity index (χ1v) is 8.83. The first-order chi connectivity index (χ1) is 13.0. The predicted molar refractivity (Wildman–Crippen MR) is 103 cm³/mol. The van der Waals surface area contributed by atoms with Gasteiger partial charge in [0.1, 0.15) is 5.69 Å². The van der Waals surface area contributed by atoms with Crippen LogP contribution >= 0.6 is 0 Å². The molecular formula is C19H23N5O3. The molecule has 0 radical (unpaired) electrons. The highest BCUT2D eigenvalue weighted by Gasteiger charge is 2.34. The zero-order valence-electron chi connectivity index (χ0n) is 15.4. The normalized spacial score (nSPS) is 15.0. The third-order valence-corrected chi connectivity index (χ3v) is 4.76. The minimum atomic E-state index is -0.198. The highest BCUT2D eigenvalue weighted by atomic mass is 16.5. The first kappa shape index (κ1) is 18.6. The van der Waals surface area contributed by atoms with Gasteiger partial charge in [-0.15, -0.1) is 0 Å². The second kappa shape index (κ2) is 8.03. The zero-order chi connectivity index (χ0) is 19.4. The summed E-state index contributed by atoms with van der Waals surface area (Å²) in [5, 5.41) is 3.33. The minimum Gasteiger partial charge on any atom is -0.467 e. The maximum Gasteiger partial charge on any atom is 0.316 e. The number of hydrogen-bond donors (Lipinski definition) is 2. The number of carbonyl (C=O) groups excluding carboxylic acids is 1. The number of H-pyrrole nitrogens is 1. The van der Waals surface area contributed by atoms with Crippen molar-refractivity contribution in [2.24, 2.45) is 5.92 Å². The molecule has 142 valence electrons. The number of pyridine rings is 1. The van der Waals surface area contributed by atoms with Crippen molar-refractivity contribution in [3.05, 3.63) is 47.5 Å². The second-order valence-electron chi connectivity index (χ2n) is 6.43. The number of anilines is 1. The lowest BCUT2D eigenvalue weighted by Crippen LogP contribution is -2.55. The van der Waals surface area contributed by atoms with Crippen LogP contribution in [-0.4, -0.2) is 52.0 Å². The number of nitrogens with zero attached hydrogens (tertiary/aromatic N) is 3. The monoisotopic (exact) mass is 369 g/mol. The van der Waals surface area contributed by atoms with E-state index >= 15 is 0 Å². The van der Waals surface area contributed by atoms with E-state index in [2.05, 4.69) is 33.8 Å². The van der Waals surface area contributed by atoms with Crippen molar-refractivity contribution >= 4 is 11.6 Å². The minimum absolute atomic E-state index is 0.0568. The largest absolute Gasteiger partial charge is 0.467 e. The summed E-state index contributed by atoms with van der Waals surface area (Å²) in [5.41, 5.74) is 1.69. The number of ether oxygens (including phenoxy) is 1. The Morgan fingerprint density at radius 2 is 2.33 bits per heavy atom. The molecule has 0 bridgehead atoms. The molecule has 1 saturated heterocycles. The Morgan fingerprint density at radius 3 is 3.00 bits per heavy atom. The lowest BCUT2D eigenvalue weighted by atomic mass is 9.89. The maximum absolute atomic E-state index is 12.3. The molecule has 0 aliphatic carbocycles. The molecule has 1 aliphatic rings. The molecule has 1 amide bonds. The van der Waals surface area contributed by atoms with Gasteiger partial charge < -0.3 is 19.9 Å². The summed E-state index contributed by atoms with van der Waals surface area (Å²) >= 11 is 0. The predicted octanol–water partition coefficient (Wildman–Crippen LogP) is 1.68. The van der Waals surface area contributed by atoms with Crippen molar-refractivity contribution in [2.45, 2.75) is 19.4 Å². The van der Waals surface area contributed by atoms with Crippen molar-refractivity contribution < 1.29 is 9.53 Å². The van der Waals surface area contributed by atoms with Gasteiger partial charge in [0.15, 0.2) is 0 Å². The number of hydrogen-bond acceptors (Lipinski definition) is 6. The summed E-state index contributed by atoms with van der Waals surface area (Å²) < 4.78 is 5.06. The number of aromatic nitrogens is 3. The summed E-state index contributed by atoms with van der Waals surface area (Å²) in [5.74, 6) is 0.236. The molecule has 1 aliphatic heterocycles. The van der Waals surface area contributed by atoms with Gasteiger partial charge in [-0.25, -0.2) is 4.98 Å². The third-order valence-electron chi connectivity index (χ3n) is 4.76. The fourth-order valence-electron chi connectivity index (χ4n) is 3.17. The average Bonchev–Trinajstić information content (AvgIpc) is 2.67. The van der Waals surface area contributed by atoms with Crippen molar-refractivity contribution in [1.82, 2.24) is 19.9 Å². The standard InChI is InChI=1S/C19H23N5O3/c1-4-14(13-10-24(11-13)17(25)5-2)22-16-8-12(9-21-18(16)26)15-6-7-20-19(23-15)27-3/h5-9,13-14,22H,2,4,10-11H2,1,3H3,(H,21,26). The molecule has 2 aromatic heterocycles. The van der Waals surface area contributed by atoms with Gasteiger partial charge in [0.05, 0.1) is 12.8 Å².